The summed E-state index contributed by atoms with van der Waals surface area (Å²) in [6, 6.07) is 21.1. The molecule has 0 saturated carbocycles. The summed E-state index contributed by atoms with van der Waals surface area (Å²) in [7, 11) is -14.2. The van der Waals surface area contributed by atoms with Crippen molar-refractivity contribution >= 4 is 107 Å². The summed E-state index contributed by atoms with van der Waals surface area (Å²) in [5, 5.41) is 48.7. The second-order valence-corrected chi connectivity index (χ2v) is 19.2. The zero-order chi connectivity index (χ0) is 42.9. The fourth-order valence-electron chi connectivity index (χ4n) is 6.11. The Hall–Kier alpha value is -6.31. The number of rotatable bonds is 9. The molecule has 6 N–H and O–H groups in total. The lowest BCUT2D eigenvalue weighted by molar-refractivity contribution is 0.453. The summed E-state index contributed by atoms with van der Waals surface area (Å²) in [4.78, 5) is 7.64. The molecule has 0 amide bonds. The molecule has 0 spiro atoms. The van der Waals surface area contributed by atoms with E-state index >= 15 is 0 Å². The van der Waals surface area contributed by atoms with Crippen molar-refractivity contribution in [1.29, 1.82) is 0 Å². The SMILES string of the molecule is Cc1ccc2nc(-c3ccc4nc(-c5ccc(N=Nc6c(O)ccc(N=Nc7cc(S(=O)(=O)O)cc8cc(S(=O)(=O)O)cc(O)c78)c6O)cc5)sc4c3)sc2c1S(=O)(=O)O. The third kappa shape index (κ3) is 7.78. The number of aromatic nitrogens is 2. The van der Waals surface area contributed by atoms with Crippen LogP contribution in [0.5, 0.6) is 17.2 Å². The fourth-order valence-corrected chi connectivity index (χ4v) is 10.5. The van der Waals surface area contributed by atoms with Crippen molar-refractivity contribution < 1.29 is 54.2 Å². The molecule has 2 heterocycles. The van der Waals surface area contributed by atoms with Crippen LogP contribution in [0.15, 0.2) is 126 Å². The van der Waals surface area contributed by atoms with Crippen molar-refractivity contribution in [2.45, 2.75) is 21.6 Å². The molecule has 0 unspecified atom stereocenters. The second kappa shape index (κ2) is 14.8. The highest BCUT2D eigenvalue weighted by molar-refractivity contribution is 7.86. The van der Waals surface area contributed by atoms with Crippen molar-refractivity contribution in [2.24, 2.45) is 20.5 Å². The molecule has 0 radical (unpaired) electrons. The third-order valence-electron chi connectivity index (χ3n) is 8.91. The Bertz CT molecular complexity index is 3510. The van der Waals surface area contributed by atoms with Crippen LogP contribution in [0.4, 0.5) is 22.7 Å². The highest BCUT2D eigenvalue weighted by atomic mass is 32.2. The van der Waals surface area contributed by atoms with Gasteiger partial charge in [-0.1, -0.05) is 6.07 Å². The maximum Gasteiger partial charge on any atom is 0.296 e. The first-order chi connectivity index (χ1) is 28.2. The molecule has 18 nitrogen and oxygen atoms in total. The highest BCUT2D eigenvalue weighted by Gasteiger charge is 2.23. The van der Waals surface area contributed by atoms with Crippen LogP contribution >= 0.6 is 22.7 Å². The van der Waals surface area contributed by atoms with Gasteiger partial charge in [-0.2, -0.15) is 30.4 Å². The Kier molecular flexibility index (Phi) is 9.95. The standard InChI is InChI=1S/C37H24N6O12S5/c1-17-2-8-26-34(35(17)60(53,54)55)57-37(39-26)19-5-9-24-30(14-19)56-36(38-24)18-3-6-21(7-4-18)40-43-32-28(44)11-10-25(33(32)46)41-42-27-15-22(58(47,48)49)12-20-13-23(59(50,51)52)16-29(45)31(20)27/h2-16,44-46H,1H3,(H,47,48,49)(H,50,51,52)(H,53,54,55). The molecule has 0 aliphatic heterocycles. The molecule has 0 aliphatic carbocycles. The highest BCUT2D eigenvalue weighted by Crippen LogP contribution is 2.46. The Morgan fingerprint density at radius 3 is 1.87 bits per heavy atom. The maximum absolute atomic E-state index is 12.1. The van der Waals surface area contributed by atoms with Gasteiger partial charge in [0.25, 0.3) is 30.4 Å². The summed E-state index contributed by atoms with van der Waals surface area (Å²) in [6.07, 6.45) is 0. The summed E-state index contributed by atoms with van der Waals surface area (Å²) in [5.74, 6) is -1.92. The van der Waals surface area contributed by atoms with E-state index in [-0.39, 0.29) is 27.0 Å². The van der Waals surface area contributed by atoms with Gasteiger partial charge in [0.15, 0.2) is 11.4 Å². The summed E-state index contributed by atoms with van der Waals surface area (Å²) < 4.78 is 102. The Balaban J connectivity index is 1.05. The minimum Gasteiger partial charge on any atom is -0.507 e. The predicted molar refractivity (Wildman–Crippen MR) is 222 cm³/mol. The molecule has 0 atom stereocenters. The van der Waals surface area contributed by atoms with E-state index in [1.165, 1.54) is 11.3 Å². The van der Waals surface area contributed by atoms with Gasteiger partial charge in [0, 0.05) is 17.2 Å². The first-order valence-electron chi connectivity index (χ1n) is 16.8. The molecule has 8 aromatic rings. The number of aryl methyl sites for hydroxylation is 1. The number of thiazole rings is 2. The molecule has 8 rings (SSSR count). The molecule has 60 heavy (non-hydrogen) atoms. The van der Waals surface area contributed by atoms with Crippen LogP contribution in [0.25, 0.3) is 52.3 Å². The Morgan fingerprint density at radius 2 is 1.18 bits per heavy atom. The molecule has 304 valence electrons. The molecule has 0 bridgehead atoms. The summed E-state index contributed by atoms with van der Waals surface area (Å²) >= 11 is 2.56. The fraction of sp³-hybridized carbons (Fsp3) is 0.0270. The van der Waals surface area contributed by atoms with E-state index in [9.17, 15) is 54.2 Å². The van der Waals surface area contributed by atoms with E-state index in [2.05, 4.69) is 25.4 Å². The van der Waals surface area contributed by atoms with Gasteiger partial charge in [0.2, 0.25) is 0 Å². The van der Waals surface area contributed by atoms with Crippen molar-refractivity contribution in [2.75, 3.05) is 0 Å². The van der Waals surface area contributed by atoms with E-state index in [1.54, 1.807) is 43.3 Å². The molecule has 2 aromatic heterocycles. The van der Waals surface area contributed by atoms with Gasteiger partial charge >= 0.3 is 0 Å². The van der Waals surface area contributed by atoms with Crippen LogP contribution in [-0.4, -0.2) is 64.2 Å². The van der Waals surface area contributed by atoms with Gasteiger partial charge in [0.05, 0.1) is 47.0 Å². The summed E-state index contributed by atoms with van der Waals surface area (Å²) in [5.41, 5.74) is 2.27. The van der Waals surface area contributed by atoms with Gasteiger partial charge in [-0.3, -0.25) is 13.7 Å². The number of fused-ring (bicyclic) bond motifs is 3. The van der Waals surface area contributed by atoms with Gasteiger partial charge in [-0.05, 0) is 96.7 Å². The van der Waals surface area contributed by atoms with Crippen LogP contribution in [0.2, 0.25) is 0 Å². The number of benzene rings is 6. The molecule has 6 aromatic carbocycles. The lowest BCUT2D eigenvalue weighted by Crippen LogP contribution is -2.00. The van der Waals surface area contributed by atoms with E-state index in [0.29, 0.717) is 43.1 Å². The minimum absolute atomic E-state index is 0.164. The molecular weight excluding hydrogens is 881 g/mol. The third-order valence-corrected chi connectivity index (χ3v) is 13.9. The zero-order valence-corrected chi connectivity index (χ0v) is 34.1. The maximum atomic E-state index is 12.1. The molecule has 0 saturated heterocycles. The number of aromatic hydroxyl groups is 3. The number of phenols is 3. The van der Waals surface area contributed by atoms with E-state index < -0.39 is 63.1 Å². The Morgan fingerprint density at radius 1 is 0.567 bits per heavy atom. The zero-order valence-electron chi connectivity index (χ0n) is 30.0. The van der Waals surface area contributed by atoms with E-state index in [1.807, 2.05) is 18.2 Å². The monoisotopic (exact) mass is 904 g/mol. The average molecular weight is 905 g/mol. The number of nitrogens with zero attached hydrogens (tertiary/aromatic N) is 6. The normalized spacial score (nSPS) is 12.8. The molecule has 0 fully saturated rings. The summed E-state index contributed by atoms with van der Waals surface area (Å²) in [6.45, 7) is 1.60. The smallest absolute Gasteiger partial charge is 0.296 e. The van der Waals surface area contributed by atoms with Crippen LogP contribution in [0.3, 0.4) is 0 Å². The van der Waals surface area contributed by atoms with Gasteiger partial charge in [-0.25, -0.2) is 9.97 Å². The first-order valence-corrected chi connectivity index (χ1v) is 22.7. The number of azo groups is 2. The lowest BCUT2D eigenvalue weighted by Gasteiger charge is -2.09. The van der Waals surface area contributed by atoms with Crippen molar-refractivity contribution in [3.63, 3.8) is 0 Å². The van der Waals surface area contributed by atoms with Gasteiger partial charge in [0.1, 0.15) is 32.1 Å². The number of phenolic OH excluding ortho intramolecular Hbond substituents is 3. The molecule has 23 heteroatoms. The van der Waals surface area contributed by atoms with Crippen LogP contribution < -0.4 is 0 Å². The van der Waals surface area contributed by atoms with Crippen LogP contribution in [0.1, 0.15) is 5.56 Å². The van der Waals surface area contributed by atoms with Crippen LogP contribution in [0, 0.1) is 6.92 Å². The average Bonchev–Trinajstić information content (AvgIpc) is 3.80. The number of hydrogen-bond donors (Lipinski definition) is 6. The van der Waals surface area contributed by atoms with E-state index in [4.69, 9.17) is 4.98 Å². The lowest BCUT2D eigenvalue weighted by atomic mass is 10.1. The predicted octanol–water partition coefficient (Wildman–Crippen LogP) is 9.39. The van der Waals surface area contributed by atoms with Gasteiger partial charge in [-0.15, -0.1) is 38.0 Å². The Labute approximate surface area is 346 Å². The topological polar surface area (TPSA) is 299 Å². The van der Waals surface area contributed by atoms with Crippen molar-refractivity contribution in [3.05, 3.63) is 96.6 Å². The largest absolute Gasteiger partial charge is 0.507 e. The van der Waals surface area contributed by atoms with Gasteiger partial charge < -0.3 is 15.3 Å². The molecular formula is C37H24N6O12S5. The molecule has 0 aliphatic rings. The second-order valence-electron chi connectivity index (χ2n) is 12.9. The first kappa shape index (κ1) is 40.5. The number of hydrogen-bond acceptors (Lipinski definition) is 17. The van der Waals surface area contributed by atoms with Crippen molar-refractivity contribution in [3.8, 4) is 38.4 Å². The quantitative estimate of drug-likeness (QED) is 0.0581. The van der Waals surface area contributed by atoms with Crippen LogP contribution in [-0.2, 0) is 30.4 Å². The van der Waals surface area contributed by atoms with Crippen molar-refractivity contribution in [1.82, 2.24) is 9.97 Å². The minimum atomic E-state index is -4.89. The van der Waals surface area contributed by atoms with E-state index in [0.717, 1.165) is 57.5 Å².